The summed E-state index contributed by atoms with van der Waals surface area (Å²) in [5, 5.41) is 7.43. The first kappa shape index (κ1) is 22.8. The van der Waals surface area contributed by atoms with E-state index >= 15 is 0 Å². The van der Waals surface area contributed by atoms with E-state index in [-0.39, 0.29) is 17.9 Å². The highest BCUT2D eigenvalue weighted by Gasteiger charge is 2.29. The summed E-state index contributed by atoms with van der Waals surface area (Å²) in [5.74, 6) is 0.216. The SMILES string of the molecule is Cc1cc(C)n(-c2ccc(C(=O)N3CCC[C@H]([C@H](C)NC(=O)OC(C)(C)C)C3)cc2)n1. The molecule has 1 saturated heterocycles. The third-order valence-electron chi connectivity index (χ3n) is 5.56. The molecule has 7 heteroatoms. The van der Waals surface area contributed by atoms with Gasteiger partial charge in [-0.1, -0.05) is 0 Å². The normalized spacial score (nSPS) is 17.9. The second-order valence-electron chi connectivity index (χ2n) is 9.47. The number of hydrogen-bond donors (Lipinski definition) is 1. The lowest BCUT2D eigenvalue weighted by Crippen LogP contribution is -2.48. The summed E-state index contributed by atoms with van der Waals surface area (Å²) in [5.41, 5.74) is 3.10. The molecule has 7 nitrogen and oxygen atoms in total. The number of carbonyl (C=O) groups excluding carboxylic acids is 2. The van der Waals surface area contributed by atoms with E-state index in [1.165, 1.54) is 0 Å². The predicted octanol–water partition coefficient (Wildman–Crippen LogP) is 4.25. The Morgan fingerprint density at radius 1 is 1.19 bits per heavy atom. The summed E-state index contributed by atoms with van der Waals surface area (Å²) in [6.07, 6.45) is 1.47. The first-order valence-electron chi connectivity index (χ1n) is 11.0. The van der Waals surface area contributed by atoms with Crippen molar-refractivity contribution in [3.63, 3.8) is 0 Å². The molecule has 0 saturated carbocycles. The number of carbonyl (C=O) groups is 2. The Labute approximate surface area is 184 Å². The Balaban J connectivity index is 1.62. The van der Waals surface area contributed by atoms with E-state index in [1.807, 2.05) is 81.5 Å². The molecule has 2 atom stereocenters. The molecular weight excluding hydrogens is 392 g/mol. The molecule has 0 radical (unpaired) electrons. The van der Waals surface area contributed by atoms with Crippen molar-refractivity contribution in [3.05, 3.63) is 47.3 Å². The minimum absolute atomic E-state index is 0.0223. The summed E-state index contributed by atoms with van der Waals surface area (Å²) in [6.45, 7) is 12.8. The molecule has 31 heavy (non-hydrogen) atoms. The van der Waals surface area contributed by atoms with Gasteiger partial charge in [0.25, 0.3) is 5.91 Å². The molecule has 2 amide bonds. The van der Waals surface area contributed by atoms with Crippen molar-refractivity contribution >= 4 is 12.0 Å². The van der Waals surface area contributed by atoms with E-state index in [0.717, 1.165) is 36.5 Å². The van der Waals surface area contributed by atoms with Crippen LogP contribution in [-0.4, -0.2) is 51.4 Å². The molecule has 1 aromatic heterocycles. The Kier molecular flexibility index (Phi) is 6.72. The van der Waals surface area contributed by atoms with E-state index in [4.69, 9.17) is 4.74 Å². The van der Waals surface area contributed by atoms with Gasteiger partial charge in [-0.2, -0.15) is 5.10 Å². The van der Waals surface area contributed by atoms with Gasteiger partial charge in [0, 0.05) is 30.4 Å². The summed E-state index contributed by atoms with van der Waals surface area (Å²) in [7, 11) is 0. The molecule has 1 aromatic carbocycles. The maximum atomic E-state index is 13.1. The van der Waals surface area contributed by atoms with Crippen molar-refractivity contribution in [2.45, 2.75) is 66.0 Å². The number of nitrogens with zero attached hydrogens (tertiary/aromatic N) is 3. The number of piperidine rings is 1. The molecule has 168 valence electrons. The van der Waals surface area contributed by atoms with Crippen LogP contribution in [-0.2, 0) is 4.74 Å². The summed E-state index contributed by atoms with van der Waals surface area (Å²) < 4.78 is 7.24. The lowest BCUT2D eigenvalue weighted by atomic mass is 9.91. The zero-order chi connectivity index (χ0) is 22.8. The van der Waals surface area contributed by atoms with Crippen LogP contribution in [0.25, 0.3) is 5.69 Å². The summed E-state index contributed by atoms with van der Waals surface area (Å²) in [4.78, 5) is 27.1. The number of likely N-dealkylation sites (tertiary alicyclic amines) is 1. The topological polar surface area (TPSA) is 76.5 Å². The van der Waals surface area contributed by atoms with Crippen LogP contribution in [0.3, 0.4) is 0 Å². The van der Waals surface area contributed by atoms with Gasteiger partial charge < -0.3 is 15.0 Å². The molecular formula is C24H34N4O3. The number of amides is 2. The van der Waals surface area contributed by atoms with Crippen LogP contribution in [0.4, 0.5) is 4.79 Å². The van der Waals surface area contributed by atoms with E-state index in [2.05, 4.69) is 10.4 Å². The minimum atomic E-state index is -0.530. The van der Waals surface area contributed by atoms with Crippen LogP contribution in [0.5, 0.6) is 0 Å². The highest BCUT2D eigenvalue weighted by Crippen LogP contribution is 2.22. The third-order valence-corrected chi connectivity index (χ3v) is 5.56. The van der Waals surface area contributed by atoms with Gasteiger partial charge >= 0.3 is 6.09 Å². The number of rotatable bonds is 4. The number of aromatic nitrogens is 2. The van der Waals surface area contributed by atoms with Gasteiger partial charge in [-0.05, 0) is 90.6 Å². The lowest BCUT2D eigenvalue weighted by molar-refractivity contribution is 0.0460. The van der Waals surface area contributed by atoms with Crippen LogP contribution in [0.1, 0.15) is 62.3 Å². The van der Waals surface area contributed by atoms with Crippen molar-refractivity contribution < 1.29 is 14.3 Å². The van der Waals surface area contributed by atoms with Crippen molar-refractivity contribution in [2.75, 3.05) is 13.1 Å². The van der Waals surface area contributed by atoms with Gasteiger partial charge in [-0.25, -0.2) is 9.48 Å². The standard InChI is InChI=1S/C24H34N4O3/c1-16-14-17(2)28(26-16)21-11-9-19(10-12-21)22(29)27-13-7-8-20(15-27)18(3)25-23(30)31-24(4,5)6/h9-12,14,18,20H,7-8,13,15H2,1-6H3,(H,25,30)/t18-,20-/m0/s1. The van der Waals surface area contributed by atoms with Crippen molar-refractivity contribution in [1.29, 1.82) is 0 Å². The predicted molar refractivity (Wildman–Crippen MR) is 120 cm³/mol. The largest absolute Gasteiger partial charge is 0.444 e. The summed E-state index contributed by atoms with van der Waals surface area (Å²) >= 11 is 0. The molecule has 0 spiro atoms. The number of benzene rings is 1. The maximum absolute atomic E-state index is 13.1. The average molecular weight is 427 g/mol. The molecule has 2 aromatic rings. The van der Waals surface area contributed by atoms with Gasteiger partial charge in [0.15, 0.2) is 0 Å². The zero-order valence-corrected chi connectivity index (χ0v) is 19.4. The molecule has 1 N–H and O–H groups in total. The molecule has 0 unspecified atom stereocenters. The molecule has 0 bridgehead atoms. The third kappa shape index (κ3) is 5.87. The maximum Gasteiger partial charge on any atom is 0.407 e. The molecule has 1 fully saturated rings. The second-order valence-corrected chi connectivity index (χ2v) is 9.47. The van der Waals surface area contributed by atoms with Crippen LogP contribution in [0.2, 0.25) is 0 Å². The lowest BCUT2D eigenvalue weighted by Gasteiger charge is -2.36. The van der Waals surface area contributed by atoms with Gasteiger partial charge in [0.2, 0.25) is 0 Å². The highest BCUT2D eigenvalue weighted by atomic mass is 16.6. The number of hydrogen-bond acceptors (Lipinski definition) is 4. The van der Waals surface area contributed by atoms with Gasteiger partial charge in [0.05, 0.1) is 11.4 Å². The second kappa shape index (κ2) is 9.12. The Morgan fingerprint density at radius 2 is 1.87 bits per heavy atom. The molecule has 2 heterocycles. The molecule has 0 aliphatic carbocycles. The Morgan fingerprint density at radius 3 is 2.45 bits per heavy atom. The first-order valence-corrected chi connectivity index (χ1v) is 11.0. The monoisotopic (exact) mass is 426 g/mol. The van der Waals surface area contributed by atoms with Gasteiger partial charge in [-0.15, -0.1) is 0 Å². The zero-order valence-electron chi connectivity index (χ0n) is 19.4. The Hall–Kier alpha value is -2.83. The fourth-order valence-electron chi connectivity index (χ4n) is 4.03. The number of alkyl carbamates (subject to hydrolysis) is 1. The quantitative estimate of drug-likeness (QED) is 0.793. The molecule has 3 rings (SSSR count). The van der Waals surface area contributed by atoms with Gasteiger partial charge in [-0.3, -0.25) is 4.79 Å². The fourth-order valence-corrected chi connectivity index (χ4v) is 4.03. The number of aryl methyl sites for hydroxylation is 2. The number of ether oxygens (including phenoxy) is 1. The minimum Gasteiger partial charge on any atom is -0.444 e. The van der Waals surface area contributed by atoms with Gasteiger partial charge in [0.1, 0.15) is 5.60 Å². The fraction of sp³-hybridized carbons (Fsp3) is 0.542. The van der Waals surface area contributed by atoms with Crippen molar-refractivity contribution in [1.82, 2.24) is 20.0 Å². The average Bonchev–Trinajstić information content (AvgIpc) is 3.04. The molecule has 1 aliphatic rings. The van der Waals surface area contributed by atoms with Crippen LogP contribution in [0.15, 0.2) is 30.3 Å². The van der Waals surface area contributed by atoms with E-state index in [9.17, 15) is 9.59 Å². The van der Waals surface area contributed by atoms with Crippen molar-refractivity contribution in [2.24, 2.45) is 5.92 Å². The number of nitrogens with one attached hydrogen (secondary N) is 1. The van der Waals surface area contributed by atoms with E-state index < -0.39 is 11.7 Å². The molecule has 1 aliphatic heterocycles. The highest BCUT2D eigenvalue weighted by molar-refractivity contribution is 5.94. The Bertz CT molecular complexity index is 927. The van der Waals surface area contributed by atoms with Crippen LogP contribution >= 0.6 is 0 Å². The summed E-state index contributed by atoms with van der Waals surface area (Å²) in [6, 6.07) is 9.54. The van der Waals surface area contributed by atoms with Crippen LogP contribution < -0.4 is 5.32 Å². The van der Waals surface area contributed by atoms with Crippen molar-refractivity contribution in [3.8, 4) is 5.69 Å². The van der Waals surface area contributed by atoms with Crippen LogP contribution in [0, 0.1) is 19.8 Å². The first-order chi connectivity index (χ1) is 14.5. The van der Waals surface area contributed by atoms with E-state index in [0.29, 0.717) is 12.1 Å². The smallest absolute Gasteiger partial charge is 0.407 e. The van der Waals surface area contributed by atoms with E-state index in [1.54, 1.807) is 0 Å².